The fourth-order valence-corrected chi connectivity index (χ4v) is 1.22. The normalized spacial score (nSPS) is 10.3. The second kappa shape index (κ2) is 9.50. The molecule has 0 bridgehead atoms. The van der Waals surface area contributed by atoms with Crippen molar-refractivity contribution in [2.45, 2.75) is 26.7 Å². The number of nitriles is 1. The molecule has 0 saturated heterocycles. The molecule has 0 fully saturated rings. The van der Waals surface area contributed by atoms with Crippen LogP contribution < -0.4 is 0 Å². The van der Waals surface area contributed by atoms with E-state index in [-0.39, 0.29) is 0 Å². The van der Waals surface area contributed by atoms with Gasteiger partial charge in [-0.25, -0.2) is 0 Å². The third-order valence-electron chi connectivity index (χ3n) is 1.80. The molecule has 0 rings (SSSR count). The zero-order valence-electron chi connectivity index (χ0n) is 8.75. The lowest BCUT2D eigenvalue weighted by atomic mass is 10.3. The Balaban J connectivity index is 3.40. The van der Waals surface area contributed by atoms with Crippen molar-refractivity contribution in [3.05, 3.63) is 0 Å². The lowest BCUT2D eigenvalue weighted by Crippen LogP contribution is -2.26. The molecule has 0 saturated carbocycles. The van der Waals surface area contributed by atoms with Gasteiger partial charge in [-0.2, -0.15) is 5.26 Å². The van der Waals surface area contributed by atoms with E-state index in [1.165, 1.54) is 0 Å². The highest BCUT2D eigenvalue weighted by Crippen LogP contribution is 1.93. The average Bonchev–Trinajstić information content (AvgIpc) is 2.13. The molecule has 0 aliphatic rings. The molecule has 0 spiro atoms. The van der Waals surface area contributed by atoms with Gasteiger partial charge in [0, 0.05) is 19.8 Å². The van der Waals surface area contributed by atoms with Crippen molar-refractivity contribution >= 4 is 0 Å². The highest BCUT2D eigenvalue weighted by molar-refractivity contribution is 4.75. The second-order valence-electron chi connectivity index (χ2n) is 2.98. The topological polar surface area (TPSA) is 36.3 Å². The summed E-state index contributed by atoms with van der Waals surface area (Å²) in [5, 5.41) is 8.54. The molecular weight excluding hydrogens is 164 g/mol. The van der Waals surface area contributed by atoms with Crippen LogP contribution in [-0.2, 0) is 4.74 Å². The van der Waals surface area contributed by atoms with Crippen molar-refractivity contribution in [2.75, 3.05) is 32.8 Å². The molecule has 0 aliphatic heterocycles. The van der Waals surface area contributed by atoms with E-state index in [9.17, 15) is 0 Å². The fraction of sp³-hybridized carbons (Fsp3) is 0.900. The molecular formula is C10H20N2O. The first-order chi connectivity index (χ1) is 6.35. The summed E-state index contributed by atoms with van der Waals surface area (Å²) in [5.74, 6) is 0. The zero-order valence-corrected chi connectivity index (χ0v) is 8.75. The van der Waals surface area contributed by atoms with Crippen LogP contribution in [0.3, 0.4) is 0 Å². The van der Waals surface area contributed by atoms with Gasteiger partial charge < -0.3 is 4.74 Å². The van der Waals surface area contributed by atoms with Crippen LogP contribution in [0.25, 0.3) is 0 Å². The smallest absolute Gasteiger partial charge is 0.0866 e. The average molecular weight is 184 g/mol. The molecule has 0 heterocycles. The van der Waals surface area contributed by atoms with E-state index < -0.39 is 0 Å². The van der Waals surface area contributed by atoms with Crippen LogP contribution in [0.15, 0.2) is 0 Å². The molecule has 0 N–H and O–H groups in total. The molecule has 3 heteroatoms. The van der Waals surface area contributed by atoms with Gasteiger partial charge in [-0.1, -0.05) is 6.92 Å². The van der Waals surface area contributed by atoms with Crippen molar-refractivity contribution in [2.24, 2.45) is 0 Å². The lowest BCUT2D eigenvalue weighted by molar-refractivity contribution is 0.134. The highest BCUT2D eigenvalue weighted by atomic mass is 16.5. The minimum atomic E-state index is 0.542. The Bertz CT molecular complexity index is 142. The Morgan fingerprint density at radius 3 is 2.62 bits per heavy atom. The van der Waals surface area contributed by atoms with Crippen molar-refractivity contribution in [1.82, 2.24) is 4.90 Å². The lowest BCUT2D eigenvalue weighted by Gasteiger charge is -2.17. The summed E-state index contributed by atoms with van der Waals surface area (Å²) < 4.78 is 5.23. The Morgan fingerprint density at radius 1 is 1.31 bits per heavy atom. The third kappa shape index (κ3) is 7.76. The maximum atomic E-state index is 8.54. The first-order valence-corrected chi connectivity index (χ1v) is 5.02. The van der Waals surface area contributed by atoms with Gasteiger partial charge in [0.25, 0.3) is 0 Å². The van der Waals surface area contributed by atoms with E-state index >= 15 is 0 Å². The van der Waals surface area contributed by atoms with E-state index in [1.54, 1.807) is 0 Å². The highest BCUT2D eigenvalue weighted by Gasteiger charge is 2.01. The quantitative estimate of drug-likeness (QED) is 0.425. The minimum Gasteiger partial charge on any atom is -0.382 e. The summed E-state index contributed by atoms with van der Waals surface area (Å²) in [7, 11) is 0. The van der Waals surface area contributed by atoms with Crippen LogP contribution in [0.4, 0.5) is 0 Å². The monoisotopic (exact) mass is 184 g/mol. The second-order valence-corrected chi connectivity index (χ2v) is 2.98. The fourth-order valence-electron chi connectivity index (χ4n) is 1.22. The van der Waals surface area contributed by atoms with E-state index in [4.69, 9.17) is 10.00 Å². The summed E-state index contributed by atoms with van der Waals surface area (Å²) in [6.45, 7) is 8.25. The van der Waals surface area contributed by atoms with Crippen molar-refractivity contribution in [1.29, 1.82) is 5.26 Å². The van der Waals surface area contributed by atoms with Gasteiger partial charge in [-0.3, -0.25) is 4.90 Å². The molecule has 0 atom stereocenters. The first-order valence-electron chi connectivity index (χ1n) is 5.02. The summed E-state index contributed by atoms with van der Waals surface area (Å²) in [5.41, 5.74) is 0. The number of ether oxygens (including phenoxy) is 1. The van der Waals surface area contributed by atoms with E-state index in [0.717, 1.165) is 39.1 Å². The molecule has 0 unspecified atom stereocenters. The van der Waals surface area contributed by atoms with E-state index in [2.05, 4.69) is 17.9 Å². The summed E-state index contributed by atoms with van der Waals surface area (Å²) >= 11 is 0. The maximum absolute atomic E-state index is 8.54. The SMILES string of the molecule is CCCN(CC#N)CCCOCC. The van der Waals surface area contributed by atoms with Crippen molar-refractivity contribution in [3.63, 3.8) is 0 Å². The predicted octanol–water partition coefficient (Wildman–Crippen LogP) is 1.65. The van der Waals surface area contributed by atoms with Gasteiger partial charge in [0.05, 0.1) is 12.6 Å². The molecule has 0 aromatic rings. The molecule has 0 amide bonds. The molecule has 13 heavy (non-hydrogen) atoms. The Hall–Kier alpha value is -0.590. The number of hydrogen-bond donors (Lipinski definition) is 0. The summed E-state index contributed by atoms with van der Waals surface area (Å²) in [6.07, 6.45) is 2.13. The molecule has 0 radical (unpaired) electrons. The standard InChI is InChI=1S/C10H20N2O/c1-3-7-12(9-6-11)8-5-10-13-4-2/h3-5,7-10H2,1-2H3. The van der Waals surface area contributed by atoms with E-state index in [1.807, 2.05) is 6.92 Å². The third-order valence-corrected chi connectivity index (χ3v) is 1.80. The zero-order chi connectivity index (χ0) is 9.94. The van der Waals surface area contributed by atoms with Crippen LogP contribution in [0.5, 0.6) is 0 Å². The maximum Gasteiger partial charge on any atom is 0.0866 e. The van der Waals surface area contributed by atoms with Crippen molar-refractivity contribution < 1.29 is 4.74 Å². The Kier molecular flexibility index (Phi) is 9.07. The van der Waals surface area contributed by atoms with Crippen LogP contribution in [0.2, 0.25) is 0 Å². The van der Waals surface area contributed by atoms with E-state index in [0.29, 0.717) is 6.54 Å². The van der Waals surface area contributed by atoms with Crippen molar-refractivity contribution in [3.8, 4) is 6.07 Å². The van der Waals surface area contributed by atoms with Crippen LogP contribution in [0.1, 0.15) is 26.7 Å². The Labute approximate surface area is 81.3 Å². The largest absolute Gasteiger partial charge is 0.382 e. The van der Waals surface area contributed by atoms with Gasteiger partial charge >= 0.3 is 0 Å². The number of rotatable bonds is 8. The minimum absolute atomic E-state index is 0.542. The number of nitrogens with zero attached hydrogens (tertiary/aromatic N) is 2. The van der Waals surface area contributed by atoms with Crippen LogP contribution in [-0.4, -0.2) is 37.7 Å². The molecule has 3 nitrogen and oxygen atoms in total. The van der Waals surface area contributed by atoms with Crippen LogP contribution >= 0.6 is 0 Å². The van der Waals surface area contributed by atoms with Gasteiger partial charge in [0.1, 0.15) is 0 Å². The van der Waals surface area contributed by atoms with Crippen LogP contribution in [0, 0.1) is 11.3 Å². The summed E-state index contributed by atoms with van der Waals surface area (Å²) in [4.78, 5) is 2.17. The van der Waals surface area contributed by atoms with Gasteiger partial charge in [-0.15, -0.1) is 0 Å². The molecule has 0 aromatic heterocycles. The first kappa shape index (κ1) is 12.4. The molecule has 0 aliphatic carbocycles. The molecule has 0 aromatic carbocycles. The predicted molar refractivity (Wildman–Crippen MR) is 53.5 cm³/mol. The Morgan fingerprint density at radius 2 is 2.08 bits per heavy atom. The molecule has 76 valence electrons. The van der Waals surface area contributed by atoms with Gasteiger partial charge in [0.2, 0.25) is 0 Å². The van der Waals surface area contributed by atoms with Gasteiger partial charge in [-0.05, 0) is 26.3 Å². The summed E-state index contributed by atoms with van der Waals surface area (Å²) in [6, 6.07) is 2.18. The number of hydrogen-bond acceptors (Lipinski definition) is 3. The van der Waals surface area contributed by atoms with Gasteiger partial charge in [0.15, 0.2) is 0 Å².